The molecule has 0 amide bonds. The highest BCUT2D eigenvalue weighted by atomic mass is 16.7. The zero-order valence-corrected chi connectivity index (χ0v) is 16.5. The molecule has 0 aromatic carbocycles. The Morgan fingerprint density at radius 1 is 1.00 bits per heavy atom. The van der Waals surface area contributed by atoms with Gasteiger partial charge in [0.05, 0.1) is 0 Å². The molecule has 1 aliphatic heterocycles. The molecule has 6 fully saturated rings. The average Bonchev–Trinajstić information content (AvgIpc) is 3.53. The first-order chi connectivity index (χ1) is 12.9. The molecule has 3 nitrogen and oxygen atoms in total. The van der Waals surface area contributed by atoms with Crippen LogP contribution in [0.2, 0.25) is 0 Å². The maximum absolute atomic E-state index is 12.2. The van der Waals surface area contributed by atoms with Gasteiger partial charge in [0.15, 0.2) is 5.78 Å². The first kappa shape index (κ1) is 15.8. The van der Waals surface area contributed by atoms with E-state index >= 15 is 0 Å². The largest absolute Gasteiger partial charge is 0.458 e. The van der Waals surface area contributed by atoms with Crippen LogP contribution in [0.4, 0.5) is 0 Å². The third kappa shape index (κ3) is 1.58. The maximum atomic E-state index is 12.2. The van der Waals surface area contributed by atoms with Crippen LogP contribution in [0.3, 0.4) is 0 Å². The molecule has 0 bridgehead atoms. The van der Waals surface area contributed by atoms with E-state index in [1.807, 2.05) is 0 Å². The lowest BCUT2D eigenvalue weighted by Gasteiger charge is -2.60. The summed E-state index contributed by atoms with van der Waals surface area (Å²) in [6.45, 7) is 4.99. The summed E-state index contributed by atoms with van der Waals surface area (Å²) in [4.78, 5) is 24.3. The van der Waals surface area contributed by atoms with E-state index in [-0.39, 0.29) is 22.4 Å². The molecule has 0 radical (unpaired) electrons. The van der Waals surface area contributed by atoms with Gasteiger partial charge in [0.1, 0.15) is 5.60 Å². The van der Waals surface area contributed by atoms with Crippen molar-refractivity contribution >= 4 is 11.8 Å². The Hall–Kier alpha value is -1.12. The lowest BCUT2D eigenvalue weighted by molar-refractivity contribution is -0.177. The predicted molar refractivity (Wildman–Crippen MR) is 99.5 cm³/mol. The summed E-state index contributed by atoms with van der Waals surface area (Å²) in [6.07, 6.45) is 10.6. The quantitative estimate of drug-likeness (QED) is 0.472. The third-order valence-electron chi connectivity index (χ3n) is 10.9. The summed E-state index contributed by atoms with van der Waals surface area (Å²) in [5.74, 6) is 5.65. The minimum absolute atomic E-state index is 0.0561. The predicted octanol–water partition coefficient (Wildman–Crippen LogP) is 4.31. The maximum Gasteiger partial charge on any atom is 0.306 e. The number of allylic oxidation sites excluding steroid dienone is 1. The van der Waals surface area contributed by atoms with E-state index in [1.165, 1.54) is 31.3 Å². The SMILES string of the molecule is C[C@]12CCC(=O)C=C1[C@@H]1C[C@@H]1[C@@H]1C2CC[C@@]2(C)C1[C@@H]1C[C@@H]1[C@@]21[13CH2][13CH2][13C](=O)O1. The van der Waals surface area contributed by atoms with Crippen LogP contribution in [-0.2, 0) is 14.3 Å². The molecule has 0 aromatic heterocycles. The minimum Gasteiger partial charge on any atom is -0.458 e. The second-order valence-corrected chi connectivity index (χ2v) is 11.5. The number of rotatable bonds is 0. The van der Waals surface area contributed by atoms with Gasteiger partial charge in [-0.05, 0) is 85.5 Å². The number of hydrogen-bond acceptors (Lipinski definition) is 3. The summed E-state index contributed by atoms with van der Waals surface area (Å²) in [6, 6.07) is 0. The summed E-state index contributed by atoms with van der Waals surface area (Å²) >= 11 is 0. The zero-order chi connectivity index (χ0) is 18.3. The zero-order valence-electron chi connectivity index (χ0n) is 16.5. The number of ketones is 1. The van der Waals surface area contributed by atoms with Gasteiger partial charge < -0.3 is 4.74 Å². The van der Waals surface area contributed by atoms with Crippen molar-refractivity contribution in [2.24, 2.45) is 52.3 Å². The second kappa shape index (κ2) is 4.39. The van der Waals surface area contributed by atoms with Crippen LogP contribution in [0.15, 0.2) is 11.6 Å². The second-order valence-electron chi connectivity index (χ2n) is 11.5. The van der Waals surface area contributed by atoms with Crippen LogP contribution in [0.1, 0.15) is 65.2 Å². The van der Waals surface area contributed by atoms with Crippen molar-refractivity contribution in [2.75, 3.05) is 0 Å². The molecule has 144 valence electrons. The molecule has 0 aromatic rings. The topological polar surface area (TPSA) is 43.4 Å². The number of fused-ring (bicyclic) bond motifs is 12. The Balaban J connectivity index is 1.33. The van der Waals surface area contributed by atoms with Gasteiger partial charge >= 0.3 is 5.97 Å². The first-order valence-corrected chi connectivity index (χ1v) is 11.4. The Kier molecular flexibility index (Phi) is 2.56. The van der Waals surface area contributed by atoms with E-state index in [2.05, 4.69) is 19.9 Å². The molecular formula is C24H30O3. The van der Waals surface area contributed by atoms with Crippen molar-refractivity contribution in [3.8, 4) is 0 Å². The number of carbonyl (C=O) groups is 2. The number of carbonyl (C=O) groups excluding carboxylic acids is 2. The van der Waals surface area contributed by atoms with Crippen molar-refractivity contribution in [1.82, 2.24) is 0 Å². The Morgan fingerprint density at radius 2 is 1.85 bits per heavy atom. The molecule has 7 rings (SSSR count). The van der Waals surface area contributed by atoms with Gasteiger partial charge in [-0.3, -0.25) is 9.59 Å². The lowest BCUT2D eigenvalue weighted by atomic mass is 9.46. The number of esters is 1. The molecule has 1 saturated heterocycles. The Labute approximate surface area is 161 Å². The number of ether oxygens (including phenoxy) is 1. The van der Waals surface area contributed by atoms with Crippen LogP contribution >= 0.6 is 0 Å². The fourth-order valence-corrected chi connectivity index (χ4v) is 9.74. The van der Waals surface area contributed by atoms with E-state index in [0.29, 0.717) is 24.0 Å². The molecule has 3 heteroatoms. The molecule has 10 atom stereocenters. The van der Waals surface area contributed by atoms with Crippen LogP contribution < -0.4 is 0 Å². The Morgan fingerprint density at radius 3 is 2.63 bits per heavy atom. The molecule has 1 spiro atoms. The fourth-order valence-electron chi connectivity index (χ4n) is 9.74. The molecule has 1 heterocycles. The molecule has 2 unspecified atom stereocenters. The lowest BCUT2D eigenvalue weighted by Crippen LogP contribution is -2.57. The van der Waals surface area contributed by atoms with E-state index in [0.717, 1.165) is 48.9 Å². The summed E-state index contributed by atoms with van der Waals surface area (Å²) < 4.78 is 6.22. The summed E-state index contributed by atoms with van der Waals surface area (Å²) in [5.41, 5.74) is 1.85. The highest BCUT2D eigenvalue weighted by Gasteiger charge is 2.81. The normalized spacial score (nSPS) is 62.0. The highest BCUT2D eigenvalue weighted by molar-refractivity contribution is 5.92. The molecule has 7 aliphatic rings. The van der Waals surface area contributed by atoms with E-state index in [1.54, 1.807) is 0 Å². The molecule has 5 saturated carbocycles. The fraction of sp³-hybridized carbons (Fsp3) is 0.833. The van der Waals surface area contributed by atoms with Gasteiger partial charge in [0.2, 0.25) is 0 Å². The molecular weight excluding hydrogens is 339 g/mol. The van der Waals surface area contributed by atoms with Crippen molar-refractivity contribution in [1.29, 1.82) is 0 Å². The Bertz CT molecular complexity index is 827. The van der Waals surface area contributed by atoms with Gasteiger partial charge in [-0.15, -0.1) is 0 Å². The number of hydrogen-bond donors (Lipinski definition) is 0. The van der Waals surface area contributed by atoms with Gasteiger partial charge in [0.25, 0.3) is 0 Å². The van der Waals surface area contributed by atoms with Crippen LogP contribution in [-0.4, -0.2) is 17.4 Å². The third-order valence-corrected chi connectivity index (χ3v) is 10.9. The van der Waals surface area contributed by atoms with Crippen molar-refractivity contribution < 1.29 is 14.3 Å². The standard InChI is InChI=1S/C24H30O3/c1-22-6-3-12(25)9-17(22)13-10-14(13)20-16(22)4-7-23(2)21(20)15-11-18(15)24(23)8-5-19(26)27-24/h9,13-16,18,20-21H,3-8,10-11H2,1-2H3/t13-,14+,15-,16?,18+,20-,21?,22-,23+,24+/m1/s1/i5+1,8+1,19+1. The van der Waals surface area contributed by atoms with Crippen LogP contribution in [0, 0.1) is 52.3 Å². The van der Waals surface area contributed by atoms with E-state index in [4.69, 9.17) is 4.74 Å². The first-order valence-electron chi connectivity index (χ1n) is 11.4. The van der Waals surface area contributed by atoms with Gasteiger partial charge in [-0.25, -0.2) is 0 Å². The minimum atomic E-state index is -0.131. The van der Waals surface area contributed by atoms with Gasteiger partial charge in [-0.1, -0.05) is 19.4 Å². The summed E-state index contributed by atoms with van der Waals surface area (Å²) in [5, 5.41) is 0. The summed E-state index contributed by atoms with van der Waals surface area (Å²) in [7, 11) is 0. The average molecular weight is 369 g/mol. The van der Waals surface area contributed by atoms with E-state index < -0.39 is 0 Å². The van der Waals surface area contributed by atoms with Crippen molar-refractivity contribution in [3.63, 3.8) is 0 Å². The molecule has 6 aliphatic carbocycles. The smallest absolute Gasteiger partial charge is 0.306 e. The van der Waals surface area contributed by atoms with E-state index in [9.17, 15) is 9.59 Å². The van der Waals surface area contributed by atoms with Crippen LogP contribution in [0.5, 0.6) is 0 Å². The van der Waals surface area contributed by atoms with Crippen molar-refractivity contribution in [2.45, 2.75) is 70.8 Å². The van der Waals surface area contributed by atoms with Gasteiger partial charge in [0, 0.05) is 24.2 Å². The monoisotopic (exact) mass is 369 g/mol. The van der Waals surface area contributed by atoms with Crippen LogP contribution in [0.25, 0.3) is 0 Å². The molecule has 0 N–H and O–H groups in total. The molecule has 27 heavy (non-hydrogen) atoms. The van der Waals surface area contributed by atoms with Gasteiger partial charge in [-0.2, -0.15) is 0 Å². The highest BCUT2D eigenvalue weighted by Crippen LogP contribution is 2.82. The van der Waals surface area contributed by atoms with Crippen molar-refractivity contribution in [3.05, 3.63) is 11.6 Å².